The van der Waals surface area contributed by atoms with Crippen molar-refractivity contribution in [1.29, 1.82) is 0 Å². The monoisotopic (exact) mass is 273 g/mol. The van der Waals surface area contributed by atoms with E-state index in [0.717, 1.165) is 17.7 Å². The Morgan fingerprint density at radius 2 is 2.15 bits per heavy atom. The number of nitrogens with one attached hydrogen (secondary N) is 1. The predicted octanol–water partition coefficient (Wildman–Crippen LogP) is 2.05. The van der Waals surface area contributed by atoms with Gasteiger partial charge in [-0.15, -0.1) is 0 Å². The Balaban J connectivity index is 2.17. The number of aryl methyl sites for hydroxylation is 1. The fourth-order valence-electron chi connectivity index (χ4n) is 2.07. The molecule has 0 aliphatic rings. The minimum atomic E-state index is -0.172. The van der Waals surface area contributed by atoms with Crippen molar-refractivity contribution in [3.63, 3.8) is 0 Å². The molecule has 1 aromatic carbocycles. The molecule has 0 aliphatic heterocycles. The van der Waals surface area contributed by atoms with Gasteiger partial charge >= 0.3 is 0 Å². The molecule has 0 aliphatic carbocycles. The molecule has 1 aromatic heterocycles. The number of anilines is 2. The maximum absolute atomic E-state index is 12.3. The lowest BCUT2D eigenvalue weighted by Crippen LogP contribution is -2.16. The molecule has 20 heavy (non-hydrogen) atoms. The third-order valence-corrected chi connectivity index (χ3v) is 3.10. The first-order valence-corrected chi connectivity index (χ1v) is 6.42. The van der Waals surface area contributed by atoms with E-state index in [-0.39, 0.29) is 5.91 Å². The molecule has 3 N–H and O–H groups in total. The zero-order valence-corrected chi connectivity index (χ0v) is 11.7. The maximum atomic E-state index is 12.3. The number of carbonyl (C=O) groups excluding carboxylic acids is 1. The summed E-state index contributed by atoms with van der Waals surface area (Å²) in [7, 11) is 3.45. The summed E-state index contributed by atoms with van der Waals surface area (Å²) < 4.78 is 6.79. The standard InChI is InChI=1S/C15H19N3O2/c1-18-10-12(16)9-14(18)15(19)17-13-6-4-3-5-11(13)7-8-20-2/h3-6,9-10H,7-8,16H2,1-2H3,(H,17,19). The molecule has 0 saturated heterocycles. The van der Waals surface area contributed by atoms with Crippen LogP contribution in [0.25, 0.3) is 0 Å². The fraction of sp³-hybridized carbons (Fsp3) is 0.267. The summed E-state index contributed by atoms with van der Waals surface area (Å²) >= 11 is 0. The Bertz CT molecular complexity index is 605. The first-order chi connectivity index (χ1) is 9.61. The first kappa shape index (κ1) is 14.1. The Morgan fingerprint density at radius 3 is 2.80 bits per heavy atom. The lowest BCUT2D eigenvalue weighted by Gasteiger charge is -2.11. The van der Waals surface area contributed by atoms with Crippen LogP contribution in [-0.4, -0.2) is 24.2 Å². The van der Waals surface area contributed by atoms with Gasteiger partial charge < -0.3 is 20.4 Å². The topological polar surface area (TPSA) is 69.3 Å². The maximum Gasteiger partial charge on any atom is 0.272 e. The fourth-order valence-corrected chi connectivity index (χ4v) is 2.07. The molecule has 2 aromatic rings. The number of carbonyl (C=O) groups is 1. The van der Waals surface area contributed by atoms with Crippen LogP contribution in [0, 0.1) is 0 Å². The zero-order valence-electron chi connectivity index (χ0n) is 11.7. The van der Waals surface area contributed by atoms with Gasteiger partial charge in [-0.2, -0.15) is 0 Å². The Hall–Kier alpha value is -2.27. The third-order valence-electron chi connectivity index (χ3n) is 3.10. The predicted molar refractivity (Wildman–Crippen MR) is 79.8 cm³/mol. The van der Waals surface area contributed by atoms with E-state index in [1.165, 1.54) is 0 Å². The Morgan fingerprint density at radius 1 is 1.40 bits per heavy atom. The number of benzene rings is 1. The number of amides is 1. The van der Waals surface area contributed by atoms with Crippen LogP contribution < -0.4 is 11.1 Å². The summed E-state index contributed by atoms with van der Waals surface area (Å²) in [6.07, 6.45) is 2.47. The number of methoxy groups -OCH3 is 1. The van der Waals surface area contributed by atoms with Crippen molar-refractivity contribution in [2.24, 2.45) is 7.05 Å². The number of aromatic nitrogens is 1. The van der Waals surface area contributed by atoms with Crippen LogP contribution in [0.2, 0.25) is 0 Å². The number of para-hydroxylation sites is 1. The number of ether oxygens (including phenoxy) is 1. The van der Waals surface area contributed by atoms with Crippen molar-refractivity contribution in [1.82, 2.24) is 4.57 Å². The molecule has 0 spiro atoms. The zero-order chi connectivity index (χ0) is 14.5. The highest BCUT2D eigenvalue weighted by Crippen LogP contribution is 2.18. The molecule has 1 heterocycles. The SMILES string of the molecule is COCCc1ccccc1NC(=O)c1cc(N)cn1C. The van der Waals surface area contributed by atoms with Gasteiger partial charge in [0.1, 0.15) is 5.69 Å². The molecule has 5 nitrogen and oxygen atoms in total. The summed E-state index contributed by atoms with van der Waals surface area (Å²) in [6.45, 7) is 0.615. The van der Waals surface area contributed by atoms with E-state index in [0.29, 0.717) is 18.0 Å². The van der Waals surface area contributed by atoms with E-state index in [9.17, 15) is 4.79 Å². The van der Waals surface area contributed by atoms with Crippen LogP contribution in [0.4, 0.5) is 11.4 Å². The second-order valence-corrected chi connectivity index (χ2v) is 4.62. The number of rotatable bonds is 5. The second-order valence-electron chi connectivity index (χ2n) is 4.62. The minimum absolute atomic E-state index is 0.172. The van der Waals surface area contributed by atoms with E-state index in [1.54, 1.807) is 31.0 Å². The van der Waals surface area contributed by atoms with E-state index < -0.39 is 0 Å². The van der Waals surface area contributed by atoms with Gasteiger partial charge in [0.2, 0.25) is 0 Å². The summed E-state index contributed by atoms with van der Waals surface area (Å²) in [4.78, 5) is 12.3. The van der Waals surface area contributed by atoms with Gasteiger partial charge in [-0.1, -0.05) is 18.2 Å². The molecule has 1 amide bonds. The van der Waals surface area contributed by atoms with Gasteiger partial charge in [0, 0.05) is 26.0 Å². The van der Waals surface area contributed by atoms with E-state index in [1.807, 2.05) is 24.3 Å². The number of nitrogen functional groups attached to an aromatic ring is 1. The molecule has 5 heteroatoms. The Kier molecular flexibility index (Phi) is 4.42. The third kappa shape index (κ3) is 3.19. The van der Waals surface area contributed by atoms with Crippen molar-refractivity contribution in [3.05, 3.63) is 47.8 Å². The van der Waals surface area contributed by atoms with Crippen molar-refractivity contribution >= 4 is 17.3 Å². The van der Waals surface area contributed by atoms with Crippen molar-refractivity contribution in [3.8, 4) is 0 Å². The molecule has 106 valence electrons. The highest BCUT2D eigenvalue weighted by molar-refractivity contribution is 6.04. The summed E-state index contributed by atoms with van der Waals surface area (Å²) in [5.74, 6) is -0.172. The van der Waals surface area contributed by atoms with E-state index in [2.05, 4.69) is 5.32 Å². The normalized spacial score (nSPS) is 10.5. The van der Waals surface area contributed by atoms with Crippen LogP contribution in [0.3, 0.4) is 0 Å². The minimum Gasteiger partial charge on any atom is -0.397 e. The van der Waals surface area contributed by atoms with Crippen LogP contribution in [0.15, 0.2) is 36.5 Å². The van der Waals surface area contributed by atoms with Crippen molar-refractivity contribution < 1.29 is 9.53 Å². The molecular formula is C15H19N3O2. The van der Waals surface area contributed by atoms with Crippen molar-refractivity contribution in [2.75, 3.05) is 24.8 Å². The summed E-state index contributed by atoms with van der Waals surface area (Å²) in [5, 5.41) is 2.92. The molecule has 0 unspecified atom stereocenters. The lowest BCUT2D eigenvalue weighted by molar-refractivity contribution is 0.101. The van der Waals surface area contributed by atoms with Gasteiger partial charge in [-0.3, -0.25) is 4.79 Å². The van der Waals surface area contributed by atoms with Crippen LogP contribution in [0.5, 0.6) is 0 Å². The van der Waals surface area contributed by atoms with Crippen LogP contribution >= 0.6 is 0 Å². The van der Waals surface area contributed by atoms with E-state index >= 15 is 0 Å². The van der Waals surface area contributed by atoms with E-state index in [4.69, 9.17) is 10.5 Å². The van der Waals surface area contributed by atoms with Gasteiger partial charge in [-0.05, 0) is 24.1 Å². The smallest absolute Gasteiger partial charge is 0.272 e. The molecule has 0 fully saturated rings. The molecule has 2 rings (SSSR count). The molecule has 0 atom stereocenters. The molecule has 0 saturated carbocycles. The lowest BCUT2D eigenvalue weighted by atomic mass is 10.1. The second kappa shape index (κ2) is 6.25. The summed E-state index contributed by atoms with van der Waals surface area (Å²) in [5.41, 5.74) is 8.64. The molecule has 0 bridgehead atoms. The molecular weight excluding hydrogens is 254 g/mol. The quantitative estimate of drug-likeness (QED) is 0.876. The average Bonchev–Trinajstić information content (AvgIpc) is 2.77. The highest BCUT2D eigenvalue weighted by Gasteiger charge is 2.12. The molecule has 0 radical (unpaired) electrons. The highest BCUT2D eigenvalue weighted by atomic mass is 16.5. The van der Waals surface area contributed by atoms with Crippen molar-refractivity contribution in [2.45, 2.75) is 6.42 Å². The largest absolute Gasteiger partial charge is 0.397 e. The van der Waals surface area contributed by atoms with Gasteiger partial charge in [0.05, 0.1) is 12.3 Å². The first-order valence-electron chi connectivity index (χ1n) is 6.42. The summed E-state index contributed by atoms with van der Waals surface area (Å²) in [6, 6.07) is 9.36. The number of nitrogens with two attached hydrogens (primary N) is 1. The van der Waals surface area contributed by atoms with Crippen LogP contribution in [0.1, 0.15) is 16.1 Å². The average molecular weight is 273 g/mol. The van der Waals surface area contributed by atoms with Gasteiger partial charge in [-0.25, -0.2) is 0 Å². The number of nitrogens with zero attached hydrogens (tertiary/aromatic N) is 1. The van der Waals surface area contributed by atoms with Gasteiger partial charge in [0.15, 0.2) is 0 Å². The Labute approximate surface area is 118 Å². The van der Waals surface area contributed by atoms with Gasteiger partial charge in [0.25, 0.3) is 5.91 Å². The number of hydrogen-bond acceptors (Lipinski definition) is 3. The number of hydrogen-bond donors (Lipinski definition) is 2. The van der Waals surface area contributed by atoms with Crippen LogP contribution in [-0.2, 0) is 18.2 Å².